The molecule has 1 aromatic rings. The number of carbonyl (C=O) groups excluding carboxylic acids is 1. The molecule has 0 aromatic heterocycles. The van der Waals surface area contributed by atoms with E-state index in [2.05, 4.69) is 0 Å². The van der Waals surface area contributed by atoms with E-state index in [1.165, 1.54) is 0 Å². The van der Waals surface area contributed by atoms with Crippen molar-refractivity contribution in [1.29, 1.82) is 0 Å². The molecule has 0 spiro atoms. The molecule has 0 aliphatic carbocycles. The molecule has 1 atom stereocenters. The van der Waals surface area contributed by atoms with Gasteiger partial charge in [0.05, 0.1) is 19.8 Å². The molecule has 0 amide bonds. The van der Waals surface area contributed by atoms with Gasteiger partial charge in [-0.15, -0.1) is 0 Å². The zero-order valence-electron chi connectivity index (χ0n) is 12.0. The molecule has 0 radical (unpaired) electrons. The highest BCUT2D eigenvalue weighted by Crippen LogP contribution is 2.31. The Labute approximate surface area is 119 Å². The minimum absolute atomic E-state index is 0.134. The number of benzene rings is 1. The molecular formula is C15H21NO4. The van der Waals surface area contributed by atoms with Gasteiger partial charge in [0.1, 0.15) is 11.8 Å². The van der Waals surface area contributed by atoms with Crippen LogP contribution >= 0.6 is 0 Å². The van der Waals surface area contributed by atoms with E-state index in [0.717, 1.165) is 5.56 Å². The molecule has 1 aliphatic rings. The molecule has 5 nitrogen and oxygen atoms in total. The zero-order valence-corrected chi connectivity index (χ0v) is 12.0. The molecule has 5 heteroatoms. The second-order valence-electron chi connectivity index (χ2n) is 4.87. The van der Waals surface area contributed by atoms with Crippen molar-refractivity contribution in [3.63, 3.8) is 0 Å². The molecule has 1 saturated heterocycles. The van der Waals surface area contributed by atoms with E-state index in [1.54, 1.807) is 19.1 Å². The summed E-state index contributed by atoms with van der Waals surface area (Å²) in [5, 5.41) is 10.1. The van der Waals surface area contributed by atoms with Gasteiger partial charge in [0.2, 0.25) is 0 Å². The van der Waals surface area contributed by atoms with Crippen LogP contribution in [0.1, 0.15) is 24.1 Å². The van der Waals surface area contributed by atoms with Crippen LogP contribution in [0.15, 0.2) is 18.2 Å². The summed E-state index contributed by atoms with van der Waals surface area (Å²) in [5.74, 6) is -0.192. The molecule has 1 fully saturated rings. The highest BCUT2D eigenvalue weighted by atomic mass is 16.5. The van der Waals surface area contributed by atoms with E-state index in [4.69, 9.17) is 9.47 Å². The second kappa shape index (κ2) is 6.72. The molecule has 20 heavy (non-hydrogen) atoms. The number of phenolic OH excluding ortho intramolecular Hbond substituents is 1. The number of aryl methyl sites for hydroxylation is 1. The minimum Gasteiger partial charge on any atom is -0.508 e. The Morgan fingerprint density at radius 1 is 1.45 bits per heavy atom. The predicted octanol–water partition coefficient (Wildman–Crippen LogP) is 1.64. The van der Waals surface area contributed by atoms with Gasteiger partial charge in [0, 0.05) is 18.7 Å². The average molecular weight is 279 g/mol. The third-order valence-electron chi connectivity index (χ3n) is 3.40. The van der Waals surface area contributed by atoms with Gasteiger partial charge in [-0.25, -0.2) is 4.79 Å². The topological polar surface area (TPSA) is 59.0 Å². The molecule has 1 aliphatic heterocycles. The maximum atomic E-state index is 12.3. The number of nitrogens with zero attached hydrogens (tertiary/aromatic N) is 1. The van der Waals surface area contributed by atoms with Gasteiger partial charge in [0.15, 0.2) is 0 Å². The van der Waals surface area contributed by atoms with Gasteiger partial charge in [-0.3, -0.25) is 4.90 Å². The molecule has 0 bridgehead atoms. The summed E-state index contributed by atoms with van der Waals surface area (Å²) in [6.45, 7) is 6.48. The van der Waals surface area contributed by atoms with Crippen molar-refractivity contribution in [3.05, 3.63) is 29.3 Å². The number of ether oxygens (including phenoxy) is 2. The lowest BCUT2D eigenvalue weighted by Crippen LogP contribution is -2.42. The number of hydrogen-bond acceptors (Lipinski definition) is 5. The number of rotatable bonds is 4. The zero-order chi connectivity index (χ0) is 14.5. The van der Waals surface area contributed by atoms with Crippen LogP contribution in [-0.4, -0.2) is 48.9 Å². The lowest BCUT2D eigenvalue weighted by Gasteiger charge is -2.33. The Hall–Kier alpha value is -1.59. The van der Waals surface area contributed by atoms with Crippen molar-refractivity contribution in [1.82, 2.24) is 4.90 Å². The first-order valence-electron chi connectivity index (χ1n) is 6.91. The SMILES string of the molecule is CCOC(=O)C(c1ccc(C)cc1O)N1CCOCC1. The van der Waals surface area contributed by atoms with Crippen molar-refractivity contribution in [3.8, 4) is 5.75 Å². The summed E-state index contributed by atoms with van der Waals surface area (Å²) in [6, 6.07) is 4.78. The quantitative estimate of drug-likeness (QED) is 0.849. The first-order valence-corrected chi connectivity index (χ1v) is 6.91. The Morgan fingerprint density at radius 3 is 2.75 bits per heavy atom. The number of hydrogen-bond donors (Lipinski definition) is 1. The Morgan fingerprint density at radius 2 is 2.15 bits per heavy atom. The first-order chi connectivity index (χ1) is 9.63. The standard InChI is InChI=1S/C15H21NO4/c1-3-20-15(18)14(16-6-8-19-9-7-16)12-5-4-11(2)10-13(12)17/h4-5,10,14,17H,3,6-9H2,1-2H3. The molecule has 1 unspecified atom stereocenters. The fourth-order valence-corrected chi connectivity index (χ4v) is 2.41. The van der Waals surface area contributed by atoms with E-state index in [0.29, 0.717) is 38.5 Å². The van der Waals surface area contributed by atoms with Crippen molar-refractivity contribution in [2.75, 3.05) is 32.9 Å². The summed E-state index contributed by atoms with van der Waals surface area (Å²) in [4.78, 5) is 14.3. The van der Waals surface area contributed by atoms with Gasteiger partial charge < -0.3 is 14.6 Å². The Bertz CT molecular complexity index is 469. The normalized spacial score (nSPS) is 17.7. The second-order valence-corrected chi connectivity index (χ2v) is 4.87. The van der Waals surface area contributed by atoms with Crippen LogP contribution in [0.2, 0.25) is 0 Å². The fraction of sp³-hybridized carbons (Fsp3) is 0.533. The summed E-state index contributed by atoms with van der Waals surface area (Å²) >= 11 is 0. The average Bonchev–Trinajstić information content (AvgIpc) is 2.43. The van der Waals surface area contributed by atoms with E-state index in [-0.39, 0.29) is 11.7 Å². The molecular weight excluding hydrogens is 258 g/mol. The Balaban J connectivity index is 2.31. The van der Waals surface area contributed by atoms with Crippen LogP contribution in [-0.2, 0) is 14.3 Å². The van der Waals surface area contributed by atoms with Crippen molar-refractivity contribution < 1.29 is 19.4 Å². The minimum atomic E-state index is -0.570. The summed E-state index contributed by atoms with van der Waals surface area (Å²) in [5.41, 5.74) is 1.55. The van der Waals surface area contributed by atoms with Crippen molar-refractivity contribution >= 4 is 5.97 Å². The summed E-state index contributed by atoms with van der Waals surface area (Å²) in [7, 11) is 0. The van der Waals surface area contributed by atoms with E-state index < -0.39 is 6.04 Å². The van der Waals surface area contributed by atoms with E-state index >= 15 is 0 Å². The van der Waals surface area contributed by atoms with Gasteiger partial charge >= 0.3 is 5.97 Å². The van der Waals surface area contributed by atoms with Crippen LogP contribution in [0.25, 0.3) is 0 Å². The number of aromatic hydroxyl groups is 1. The first kappa shape index (κ1) is 14.8. The third-order valence-corrected chi connectivity index (χ3v) is 3.40. The third kappa shape index (κ3) is 3.29. The molecule has 1 N–H and O–H groups in total. The van der Waals surface area contributed by atoms with Crippen LogP contribution in [0.3, 0.4) is 0 Å². The lowest BCUT2D eigenvalue weighted by molar-refractivity contribution is -0.151. The number of phenols is 1. The van der Waals surface area contributed by atoms with Gasteiger partial charge in [-0.2, -0.15) is 0 Å². The largest absolute Gasteiger partial charge is 0.508 e. The van der Waals surface area contributed by atoms with E-state index in [1.807, 2.05) is 17.9 Å². The lowest BCUT2D eigenvalue weighted by atomic mass is 10.0. The molecule has 1 aromatic carbocycles. The smallest absolute Gasteiger partial charge is 0.328 e. The molecule has 2 rings (SSSR count). The highest BCUT2D eigenvalue weighted by molar-refractivity contribution is 5.78. The molecule has 0 saturated carbocycles. The predicted molar refractivity (Wildman–Crippen MR) is 74.6 cm³/mol. The van der Waals surface area contributed by atoms with Crippen LogP contribution in [0.4, 0.5) is 0 Å². The van der Waals surface area contributed by atoms with Crippen LogP contribution < -0.4 is 0 Å². The number of morpholine rings is 1. The van der Waals surface area contributed by atoms with E-state index in [9.17, 15) is 9.90 Å². The van der Waals surface area contributed by atoms with Gasteiger partial charge in [0.25, 0.3) is 0 Å². The highest BCUT2D eigenvalue weighted by Gasteiger charge is 2.32. The number of esters is 1. The summed E-state index contributed by atoms with van der Waals surface area (Å²) in [6.07, 6.45) is 0. The van der Waals surface area contributed by atoms with Crippen LogP contribution in [0.5, 0.6) is 5.75 Å². The van der Waals surface area contributed by atoms with Crippen molar-refractivity contribution in [2.24, 2.45) is 0 Å². The monoisotopic (exact) mass is 279 g/mol. The Kier molecular flexibility index (Phi) is 4.98. The van der Waals surface area contributed by atoms with Gasteiger partial charge in [-0.05, 0) is 25.5 Å². The summed E-state index contributed by atoms with van der Waals surface area (Å²) < 4.78 is 10.5. The number of carbonyl (C=O) groups is 1. The van der Waals surface area contributed by atoms with Crippen molar-refractivity contribution in [2.45, 2.75) is 19.9 Å². The molecule has 110 valence electrons. The maximum Gasteiger partial charge on any atom is 0.328 e. The molecule has 1 heterocycles. The maximum absolute atomic E-state index is 12.3. The fourth-order valence-electron chi connectivity index (χ4n) is 2.41. The van der Waals surface area contributed by atoms with Gasteiger partial charge in [-0.1, -0.05) is 12.1 Å². The van der Waals surface area contributed by atoms with Crippen LogP contribution in [0, 0.1) is 6.92 Å².